The summed E-state index contributed by atoms with van der Waals surface area (Å²) in [6.07, 6.45) is -2.99. The number of nitrogens with one attached hydrogen (secondary N) is 2. The number of benzene rings is 1. The summed E-state index contributed by atoms with van der Waals surface area (Å²) in [6, 6.07) is 10.3. The first-order chi connectivity index (χ1) is 11.4. The summed E-state index contributed by atoms with van der Waals surface area (Å²) in [5.74, 6) is -0.630. The Bertz CT molecular complexity index is 902. The van der Waals surface area contributed by atoms with Gasteiger partial charge in [-0.05, 0) is 31.2 Å². The minimum atomic E-state index is -4.52. The van der Waals surface area contributed by atoms with E-state index in [1.807, 2.05) is 13.0 Å². The van der Waals surface area contributed by atoms with Crippen LogP contribution in [0.3, 0.4) is 0 Å². The molecule has 0 saturated heterocycles. The molecule has 0 saturated carbocycles. The molecule has 1 amide bonds. The number of para-hydroxylation sites is 1. The topological polar surface area (TPSA) is 58.4 Å². The number of anilines is 1. The number of hydrogen-bond donors (Lipinski definition) is 2. The van der Waals surface area contributed by atoms with E-state index in [2.05, 4.69) is 15.8 Å². The lowest BCUT2D eigenvalue weighted by Crippen LogP contribution is -2.30. The van der Waals surface area contributed by atoms with Crippen LogP contribution >= 0.6 is 0 Å². The number of hydrazine groups is 1. The second-order valence-corrected chi connectivity index (χ2v) is 5.14. The zero-order chi connectivity index (χ0) is 17.3. The molecule has 0 aliphatic rings. The van der Waals surface area contributed by atoms with Gasteiger partial charge in [-0.2, -0.15) is 13.2 Å². The number of fused-ring (bicyclic) bond motifs is 1. The van der Waals surface area contributed by atoms with E-state index in [1.165, 1.54) is 24.4 Å². The summed E-state index contributed by atoms with van der Waals surface area (Å²) in [4.78, 5) is 16.3. The lowest BCUT2D eigenvalue weighted by atomic mass is 10.2. The SMILES string of the molecule is Cc1cccc2nc(C(=O)NNc3ccccc3C(F)(F)F)cn12. The highest BCUT2D eigenvalue weighted by Gasteiger charge is 2.33. The summed E-state index contributed by atoms with van der Waals surface area (Å²) in [7, 11) is 0. The molecule has 24 heavy (non-hydrogen) atoms. The largest absolute Gasteiger partial charge is 0.418 e. The molecule has 0 aliphatic heterocycles. The standard InChI is InChI=1S/C16H13F3N4O/c1-10-5-4-8-14-20-13(9-23(10)14)15(24)22-21-12-7-3-2-6-11(12)16(17,18)19/h2-9,21H,1H3,(H,22,24). The maximum atomic E-state index is 12.9. The maximum Gasteiger partial charge on any atom is 0.418 e. The number of rotatable bonds is 3. The number of alkyl halides is 3. The van der Waals surface area contributed by atoms with Gasteiger partial charge in [0.2, 0.25) is 0 Å². The van der Waals surface area contributed by atoms with Gasteiger partial charge in [-0.25, -0.2) is 4.98 Å². The van der Waals surface area contributed by atoms with Crippen LogP contribution in [0.1, 0.15) is 21.7 Å². The van der Waals surface area contributed by atoms with Gasteiger partial charge in [0, 0.05) is 11.9 Å². The van der Waals surface area contributed by atoms with Crippen molar-refractivity contribution in [2.45, 2.75) is 13.1 Å². The van der Waals surface area contributed by atoms with Gasteiger partial charge in [0.15, 0.2) is 0 Å². The van der Waals surface area contributed by atoms with Crippen LogP contribution < -0.4 is 10.9 Å². The number of nitrogens with zero attached hydrogens (tertiary/aromatic N) is 2. The summed E-state index contributed by atoms with van der Waals surface area (Å²) in [5, 5.41) is 0. The van der Waals surface area contributed by atoms with Gasteiger partial charge in [-0.15, -0.1) is 0 Å². The lowest BCUT2D eigenvalue weighted by Gasteiger charge is -2.14. The predicted molar refractivity (Wildman–Crippen MR) is 82.5 cm³/mol. The Labute approximate surface area is 135 Å². The average molecular weight is 334 g/mol. The Kier molecular flexibility index (Phi) is 3.88. The molecule has 3 aromatic rings. The van der Waals surface area contributed by atoms with Crippen molar-refractivity contribution >= 4 is 17.2 Å². The number of hydrogen-bond acceptors (Lipinski definition) is 3. The van der Waals surface area contributed by atoms with Crippen molar-refractivity contribution in [2.75, 3.05) is 5.43 Å². The van der Waals surface area contributed by atoms with Crippen molar-refractivity contribution in [3.8, 4) is 0 Å². The molecule has 8 heteroatoms. The van der Waals surface area contributed by atoms with Crippen molar-refractivity contribution < 1.29 is 18.0 Å². The Morgan fingerprint density at radius 3 is 2.58 bits per heavy atom. The van der Waals surface area contributed by atoms with Crippen molar-refractivity contribution in [3.63, 3.8) is 0 Å². The molecular formula is C16H13F3N4O. The number of aromatic nitrogens is 2. The highest BCUT2D eigenvalue weighted by atomic mass is 19.4. The molecular weight excluding hydrogens is 321 g/mol. The Morgan fingerprint density at radius 2 is 1.88 bits per heavy atom. The first kappa shape index (κ1) is 15.9. The van der Waals surface area contributed by atoms with Crippen LogP contribution in [0, 0.1) is 6.92 Å². The predicted octanol–water partition coefficient (Wildman–Crippen LogP) is 3.42. The molecule has 0 atom stereocenters. The van der Waals surface area contributed by atoms with Gasteiger partial charge in [0.05, 0.1) is 11.3 Å². The first-order valence-electron chi connectivity index (χ1n) is 7.03. The molecule has 0 spiro atoms. The third kappa shape index (κ3) is 3.03. The third-order valence-electron chi connectivity index (χ3n) is 3.47. The molecule has 0 unspecified atom stereocenters. The number of imidazole rings is 1. The molecule has 1 aromatic carbocycles. The average Bonchev–Trinajstić information content (AvgIpc) is 2.98. The molecule has 0 fully saturated rings. The Hall–Kier alpha value is -3.03. The van der Waals surface area contributed by atoms with Gasteiger partial charge < -0.3 is 4.40 Å². The van der Waals surface area contributed by atoms with Gasteiger partial charge in [-0.3, -0.25) is 15.6 Å². The van der Waals surface area contributed by atoms with Crippen molar-refractivity contribution in [1.82, 2.24) is 14.8 Å². The van der Waals surface area contributed by atoms with E-state index in [9.17, 15) is 18.0 Å². The molecule has 2 aromatic heterocycles. The van der Waals surface area contributed by atoms with Gasteiger partial charge in [-0.1, -0.05) is 18.2 Å². The fourth-order valence-corrected chi connectivity index (χ4v) is 2.29. The van der Waals surface area contributed by atoms with E-state index in [-0.39, 0.29) is 11.4 Å². The monoisotopic (exact) mass is 334 g/mol. The molecule has 3 rings (SSSR count). The van der Waals surface area contributed by atoms with Crippen LogP contribution in [-0.2, 0) is 6.18 Å². The van der Waals surface area contributed by atoms with Crippen molar-refractivity contribution in [2.24, 2.45) is 0 Å². The molecule has 2 heterocycles. The van der Waals surface area contributed by atoms with E-state index in [0.29, 0.717) is 5.65 Å². The molecule has 0 bridgehead atoms. The molecule has 2 N–H and O–H groups in total. The number of amides is 1. The van der Waals surface area contributed by atoms with Gasteiger partial charge in [0.1, 0.15) is 11.3 Å². The smallest absolute Gasteiger partial charge is 0.304 e. The Balaban J connectivity index is 1.80. The van der Waals surface area contributed by atoms with E-state index in [4.69, 9.17) is 0 Å². The third-order valence-corrected chi connectivity index (χ3v) is 3.47. The van der Waals surface area contributed by atoms with Gasteiger partial charge >= 0.3 is 6.18 Å². The van der Waals surface area contributed by atoms with E-state index < -0.39 is 17.6 Å². The van der Waals surface area contributed by atoms with Crippen LogP contribution in [0.2, 0.25) is 0 Å². The molecule has 5 nitrogen and oxygen atoms in total. The van der Waals surface area contributed by atoms with Gasteiger partial charge in [0.25, 0.3) is 5.91 Å². The first-order valence-corrected chi connectivity index (χ1v) is 7.03. The lowest BCUT2D eigenvalue weighted by molar-refractivity contribution is -0.137. The summed E-state index contributed by atoms with van der Waals surface area (Å²) in [6.45, 7) is 1.86. The normalized spacial score (nSPS) is 11.5. The van der Waals surface area contributed by atoms with Crippen LogP contribution in [-0.4, -0.2) is 15.3 Å². The number of carbonyl (C=O) groups is 1. The number of aryl methyl sites for hydroxylation is 1. The van der Waals surface area contributed by atoms with Crippen LogP contribution in [0.25, 0.3) is 5.65 Å². The minimum Gasteiger partial charge on any atom is -0.304 e. The quantitative estimate of drug-likeness (QED) is 0.722. The van der Waals surface area contributed by atoms with Crippen molar-refractivity contribution in [1.29, 1.82) is 0 Å². The second-order valence-electron chi connectivity index (χ2n) is 5.14. The molecule has 0 radical (unpaired) electrons. The van der Waals surface area contributed by atoms with Crippen molar-refractivity contribution in [3.05, 3.63) is 65.6 Å². The van der Waals surface area contributed by atoms with E-state index in [0.717, 1.165) is 11.8 Å². The molecule has 124 valence electrons. The highest BCUT2D eigenvalue weighted by Crippen LogP contribution is 2.34. The maximum absolute atomic E-state index is 12.9. The van der Waals surface area contributed by atoms with Crippen LogP contribution in [0.4, 0.5) is 18.9 Å². The zero-order valence-electron chi connectivity index (χ0n) is 12.6. The van der Waals surface area contributed by atoms with Crippen LogP contribution in [0.5, 0.6) is 0 Å². The zero-order valence-corrected chi connectivity index (χ0v) is 12.6. The molecule has 0 aliphatic carbocycles. The van der Waals surface area contributed by atoms with E-state index in [1.54, 1.807) is 16.5 Å². The Morgan fingerprint density at radius 1 is 1.12 bits per heavy atom. The fraction of sp³-hybridized carbons (Fsp3) is 0.125. The highest BCUT2D eigenvalue weighted by molar-refractivity contribution is 5.93. The summed E-state index contributed by atoms with van der Waals surface area (Å²) >= 11 is 0. The minimum absolute atomic E-state index is 0.0984. The second kappa shape index (κ2) is 5.88. The fourth-order valence-electron chi connectivity index (χ4n) is 2.29. The summed E-state index contributed by atoms with van der Waals surface area (Å²) < 4.78 is 40.5. The van der Waals surface area contributed by atoms with Crippen LogP contribution in [0.15, 0.2) is 48.7 Å². The number of pyridine rings is 1. The number of halogens is 3. The number of carbonyl (C=O) groups excluding carboxylic acids is 1. The van der Waals surface area contributed by atoms with E-state index >= 15 is 0 Å². The summed E-state index contributed by atoms with van der Waals surface area (Å²) in [5.41, 5.74) is 5.01.